The van der Waals surface area contributed by atoms with Crippen LogP contribution >= 0.6 is 0 Å². The van der Waals surface area contributed by atoms with Gasteiger partial charge in [0.1, 0.15) is 11.8 Å². The highest BCUT2D eigenvalue weighted by molar-refractivity contribution is 5.89. The first-order valence-electron chi connectivity index (χ1n) is 10.8. The molecule has 2 aliphatic rings. The van der Waals surface area contributed by atoms with E-state index in [1.807, 2.05) is 42.5 Å². The fraction of sp³-hybridized carbons (Fsp3) is 0.346. The molecule has 0 fully saturated rings. The summed E-state index contributed by atoms with van der Waals surface area (Å²) in [6.45, 7) is 4.37. The summed E-state index contributed by atoms with van der Waals surface area (Å²) in [6.07, 6.45) is 3.03. The summed E-state index contributed by atoms with van der Waals surface area (Å²) in [6, 6.07) is 18.4. The van der Waals surface area contributed by atoms with E-state index in [0.29, 0.717) is 18.8 Å². The molecule has 0 radical (unpaired) electrons. The third-order valence-electron chi connectivity index (χ3n) is 6.74. The van der Waals surface area contributed by atoms with Gasteiger partial charge in [0.25, 0.3) is 0 Å². The number of nitrogens with two attached hydrogens (primary N) is 1. The van der Waals surface area contributed by atoms with Gasteiger partial charge in [0.15, 0.2) is 5.41 Å². The zero-order valence-electron chi connectivity index (χ0n) is 18.3. The first kappa shape index (κ1) is 21.4. The molecule has 0 saturated heterocycles. The van der Waals surface area contributed by atoms with Crippen molar-refractivity contribution in [3.8, 4) is 24.0 Å². The lowest BCUT2D eigenvalue weighted by molar-refractivity contribution is 0.206. The van der Waals surface area contributed by atoms with Crippen molar-refractivity contribution in [1.29, 1.82) is 15.8 Å². The summed E-state index contributed by atoms with van der Waals surface area (Å²) in [7, 11) is 1.60. The van der Waals surface area contributed by atoms with Gasteiger partial charge in [0.2, 0.25) is 0 Å². The number of methoxy groups -OCH3 is 1. The number of allylic oxidation sites excluding steroid dienone is 2. The van der Waals surface area contributed by atoms with Crippen LogP contribution < -0.4 is 10.5 Å². The quantitative estimate of drug-likeness (QED) is 0.796. The second-order valence-electron chi connectivity index (χ2n) is 8.34. The summed E-state index contributed by atoms with van der Waals surface area (Å²) in [5, 5.41) is 32.6. The lowest BCUT2D eigenvalue weighted by Crippen LogP contribution is -2.48. The molecule has 1 aliphatic heterocycles. The molecule has 4 rings (SSSR count). The predicted octanol–water partition coefficient (Wildman–Crippen LogP) is 3.98. The predicted molar refractivity (Wildman–Crippen MR) is 122 cm³/mol. The van der Waals surface area contributed by atoms with Gasteiger partial charge in [0.05, 0.1) is 30.5 Å². The van der Waals surface area contributed by atoms with E-state index in [1.54, 1.807) is 7.11 Å². The molecular weight excluding hydrogens is 398 g/mol. The number of hydrogen-bond donors (Lipinski definition) is 1. The van der Waals surface area contributed by atoms with Crippen LogP contribution in [0.5, 0.6) is 5.75 Å². The lowest BCUT2D eigenvalue weighted by Gasteiger charge is -2.46. The monoisotopic (exact) mass is 423 g/mol. The van der Waals surface area contributed by atoms with Gasteiger partial charge in [-0.3, -0.25) is 4.90 Å². The van der Waals surface area contributed by atoms with Gasteiger partial charge in [0, 0.05) is 30.5 Å². The Balaban J connectivity index is 2.09. The van der Waals surface area contributed by atoms with Crippen LogP contribution in [0.1, 0.15) is 24.8 Å². The highest BCUT2D eigenvalue weighted by atomic mass is 16.5. The molecule has 0 saturated carbocycles. The molecule has 0 aromatic heterocycles. The van der Waals surface area contributed by atoms with Crippen molar-refractivity contribution < 1.29 is 4.74 Å². The number of ether oxygens (including phenoxy) is 1. The van der Waals surface area contributed by atoms with Crippen LogP contribution in [0.2, 0.25) is 0 Å². The number of nitriles is 3. The summed E-state index contributed by atoms with van der Waals surface area (Å²) in [5.74, 6) is -0.207. The van der Waals surface area contributed by atoms with Crippen molar-refractivity contribution in [3.63, 3.8) is 0 Å². The van der Waals surface area contributed by atoms with E-state index in [-0.39, 0.29) is 17.2 Å². The fourth-order valence-corrected chi connectivity index (χ4v) is 5.32. The Morgan fingerprint density at radius 1 is 1.16 bits per heavy atom. The Morgan fingerprint density at radius 3 is 2.56 bits per heavy atom. The Labute approximate surface area is 188 Å². The van der Waals surface area contributed by atoms with E-state index in [1.165, 1.54) is 0 Å². The van der Waals surface area contributed by atoms with E-state index in [9.17, 15) is 15.8 Å². The Kier molecular flexibility index (Phi) is 5.62. The molecule has 1 heterocycles. The van der Waals surface area contributed by atoms with Crippen molar-refractivity contribution in [2.45, 2.75) is 19.3 Å². The third-order valence-corrected chi connectivity index (χ3v) is 6.74. The van der Waals surface area contributed by atoms with Crippen LogP contribution in [0.3, 0.4) is 0 Å². The van der Waals surface area contributed by atoms with Gasteiger partial charge < -0.3 is 10.5 Å². The topological polar surface area (TPSA) is 110 Å². The number of benzene rings is 2. The van der Waals surface area contributed by atoms with Gasteiger partial charge in [-0.1, -0.05) is 43.3 Å². The van der Waals surface area contributed by atoms with Crippen molar-refractivity contribution >= 4 is 10.8 Å². The molecule has 0 spiro atoms. The highest BCUT2D eigenvalue weighted by Crippen LogP contribution is 2.57. The molecule has 6 nitrogen and oxygen atoms in total. The van der Waals surface area contributed by atoms with E-state index < -0.39 is 11.3 Å². The molecule has 2 N–H and O–H groups in total. The van der Waals surface area contributed by atoms with Crippen LogP contribution in [-0.4, -0.2) is 31.6 Å². The molecule has 2 atom stereocenters. The maximum absolute atomic E-state index is 10.4. The summed E-state index contributed by atoms with van der Waals surface area (Å²) >= 11 is 0. The van der Waals surface area contributed by atoms with E-state index in [0.717, 1.165) is 34.9 Å². The highest BCUT2D eigenvalue weighted by Gasteiger charge is 2.55. The maximum Gasteiger partial charge on any atom is 0.191 e. The minimum atomic E-state index is -1.68. The van der Waals surface area contributed by atoms with E-state index >= 15 is 0 Å². The Bertz CT molecular complexity index is 1240. The van der Waals surface area contributed by atoms with Crippen LogP contribution in [0, 0.1) is 45.3 Å². The minimum absolute atomic E-state index is 0.0384. The molecule has 160 valence electrons. The minimum Gasteiger partial charge on any atom is -0.496 e. The standard InChI is InChI=1S/C26H25N5O/c1-3-11-31-12-10-19-20(13-27)25(30)26(15-28,16-29)24(21(19)14-31)23-18-7-5-4-6-17(18)8-9-22(23)32-2/h4-10,21,24H,3,11-12,14,30H2,1-2H3/t21-,24-/m0/s1. The van der Waals surface area contributed by atoms with E-state index in [4.69, 9.17) is 10.5 Å². The van der Waals surface area contributed by atoms with Gasteiger partial charge in [-0.05, 0) is 35.4 Å². The van der Waals surface area contributed by atoms with E-state index in [2.05, 4.69) is 30.0 Å². The molecule has 2 aromatic rings. The number of fused-ring (bicyclic) bond motifs is 2. The third kappa shape index (κ3) is 3.02. The molecule has 6 heteroatoms. The van der Waals surface area contributed by atoms with Crippen LogP contribution in [-0.2, 0) is 0 Å². The lowest BCUT2D eigenvalue weighted by atomic mass is 9.57. The van der Waals surface area contributed by atoms with Gasteiger partial charge in [-0.15, -0.1) is 0 Å². The molecule has 0 unspecified atom stereocenters. The first-order chi connectivity index (χ1) is 15.6. The number of hydrogen-bond acceptors (Lipinski definition) is 6. The number of nitrogens with zero attached hydrogens (tertiary/aromatic N) is 4. The zero-order chi connectivity index (χ0) is 22.9. The summed E-state index contributed by atoms with van der Waals surface area (Å²) < 4.78 is 5.76. The molecule has 0 bridgehead atoms. The largest absolute Gasteiger partial charge is 0.496 e. The molecule has 2 aromatic carbocycles. The van der Waals surface area contributed by atoms with Crippen molar-refractivity contribution in [1.82, 2.24) is 4.90 Å². The van der Waals surface area contributed by atoms with Crippen LogP contribution in [0.4, 0.5) is 0 Å². The molecule has 1 aliphatic carbocycles. The van der Waals surface area contributed by atoms with Crippen molar-refractivity contribution in [2.75, 3.05) is 26.7 Å². The zero-order valence-corrected chi connectivity index (χ0v) is 18.3. The van der Waals surface area contributed by atoms with Gasteiger partial charge in [-0.2, -0.15) is 15.8 Å². The average Bonchev–Trinajstić information content (AvgIpc) is 2.83. The fourth-order valence-electron chi connectivity index (χ4n) is 5.32. The van der Waals surface area contributed by atoms with Crippen LogP contribution in [0.25, 0.3) is 10.8 Å². The smallest absolute Gasteiger partial charge is 0.191 e. The Hall–Kier alpha value is -3.79. The van der Waals surface area contributed by atoms with Crippen LogP contribution in [0.15, 0.2) is 59.3 Å². The molecule has 0 amide bonds. The average molecular weight is 424 g/mol. The normalized spacial score (nSPS) is 22.3. The van der Waals surface area contributed by atoms with Gasteiger partial charge >= 0.3 is 0 Å². The number of rotatable bonds is 4. The maximum atomic E-state index is 10.4. The molecule has 32 heavy (non-hydrogen) atoms. The Morgan fingerprint density at radius 2 is 1.91 bits per heavy atom. The molecular formula is C26H25N5O. The second-order valence-corrected chi connectivity index (χ2v) is 8.34. The first-order valence-corrected chi connectivity index (χ1v) is 10.8. The van der Waals surface area contributed by atoms with Crippen molar-refractivity contribution in [3.05, 3.63) is 64.9 Å². The SMILES string of the molecule is CCCN1CC=C2C(C#N)=C(N)C(C#N)(C#N)[C@H](c3c(OC)ccc4ccccc34)[C@H]2C1. The van der Waals surface area contributed by atoms with Gasteiger partial charge in [-0.25, -0.2) is 0 Å². The van der Waals surface area contributed by atoms with Crippen molar-refractivity contribution in [2.24, 2.45) is 17.1 Å². The summed E-state index contributed by atoms with van der Waals surface area (Å²) in [4.78, 5) is 2.30. The second kappa shape index (κ2) is 8.39. The summed E-state index contributed by atoms with van der Waals surface area (Å²) in [5.41, 5.74) is 6.72.